The van der Waals surface area contributed by atoms with Crippen molar-refractivity contribution in [1.29, 1.82) is 0 Å². The third-order valence-corrected chi connectivity index (χ3v) is 2.25. The highest BCUT2D eigenvalue weighted by Gasteiger charge is 2.13. The molecule has 5 nitrogen and oxygen atoms in total. The Morgan fingerprint density at radius 2 is 2.25 bits per heavy atom. The number of aldehydes is 1. The first-order valence-electron chi connectivity index (χ1n) is 4.94. The molecule has 1 rings (SSSR count). The van der Waals surface area contributed by atoms with Gasteiger partial charge in [0.05, 0.1) is 12.0 Å². The molecule has 0 unspecified atom stereocenters. The molecular formula is C11H13NO4. The molecule has 0 amide bonds. The van der Waals surface area contributed by atoms with Crippen LogP contribution in [0.3, 0.4) is 0 Å². The highest BCUT2D eigenvalue weighted by Crippen LogP contribution is 2.25. The van der Waals surface area contributed by atoms with Crippen molar-refractivity contribution < 1.29 is 14.5 Å². The summed E-state index contributed by atoms with van der Waals surface area (Å²) in [7, 11) is 1.51. The van der Waals surface area contributed by atoms with Crippen LogP contribution in [0.2, 0.25) is 0 Å². The standard InChI is InChI=1S/C11H13NO4/c1-16-10-5-6-11(12(14)15)9(8-10)4-2-3-7-13/h5-8H,2-4H2,1H3. The number of unbranched alkanes of at least 4 members (excludes halogenated alkanes) is 1. The minimum Gasteiger partial charge on any atom is -0.497 e. The Kier molecular flexibility index (Phi) is 4.44. The summed E-state index contributed by atoms with van der Waals surface area (Å²) in [6, 6.07) is 4.62. The molecule has 0 saturated heterocycles. The smallest absolute Gasteiger partial charge is 0.272 e. The Balaban J connectivity index is 2.91. The van der Waals surface area contributed by atoms with Crippen LogP contribution in [-0.2, 0) is 11.2 Å². The number of rotatable bonds is 6. The lowest BCUT2D eigenvalue weighted by Crippen LogP contribution is -1.97. The van der Waals surface area contributed by atoms with Crippen LogP contribution in [-0.4, -0.2) is 18.3 Å². The van der Waals surface area contributed by atoms with E-state index in [9.17, 15) is 14.9 Å². The fraction of sp³-hybridized carbons (Fsp3) is 0.364. The molecule has 0 atom stereocenters. The second-order valence-electron chi connectivity index (χ2n) is 3.31. The van der Waals surface area contributed by atoms with E-state index in [1.54, 1.807) is 12.1 Å². The first kappa shape index (κ1) is 12.2. The van der Waals surface area contributed by atoms with E-state index < -0.39 is 4.92 Å². The molecule has 1 aromatic rings. The zero-order chi connectivity index (χ0) is 12.0. The van der Waals surface area contributed by atoms with Gasteiger partial charge in [-0.15, -0.1) is 0 Å². The van der Waals surface area contributed by atoms with Gasteiger partial charge in [-0.1, -0.05) is 0 Å². The fourth-order valence-corrected chi connectivity index (χ4v) is 1.44. The van der Waals surface area contributed by atoms with E-state index in [1.807, 2.05) is 0 Å². The largest absolute Gasteiger partial charge is 0.497 e. The summed E-state index contributed by atoms with van der Waals surface area (Å²) in [5.41, 5.74) is 0.679. The van der Waals surface area contributed by atoms with Crippen molar-refractivity contribution in [1.82, 2.24) is 0 Å². The highest BCUT2D eigenvalue weighted by atomic mass is 16.6. The van der Waals surface area contributed by atoms with E-state index >= 15 is 0 Å². The Hall–Kier alpha value is -1.91. The Labute approximate surface area is 93.2 Å². The van der Waals surface area contributed by atoms with Crippen LogP contribution in [0.15, 0.2) is 18.2 Å². The van der Waals surface area contributed by atoms with E-state index in [2.05, 4.69) is 0 Å². The van der Waals surface area contributed by atoms with Crippen molar-refractivity contribution in [3.63, 3.8) is 0 Å². The molecule has 0 radical (unpaired) electrons. The molecule has 86 valence electrons. The lowest BCUT2D eigenvalue weighted by atomic mass is 10.1. The maximum absolute atomic E-state index is 10.7. The summed E-state index contributed by atoms with van der Waals surface area (Å²) in [6.07, 6.45) is 2.34. The number of benzene rings is 1. The fourth-order valence-electron chi connectivity index (χ4n) is 1.44. The van der Waals surface area contributed by atoms with Crippen LogP contribution < -0.4 is 4.74 Å². The van der Waals surface area contributed by atoms with Gasteiger partial charge in [0.1, 0.15) is 12.0 Å². The summed E-state index contributed by atoms with van der Waals surface area (Å²) < 4.78 is 5.00. The third kappa shape index (κ3) is 3.05. The van der Waals surface area contributed by atoms with E-state index in [0.29, 0.717) is 30.6 Å². The molecule has 0 N–H and O–H groups in total. The van der Waals surface area contributed by atoms with Crippen LogP contribution in [0.4, 0.5) is 5.69 Å². The SMILES string of the molecule is COc1ccc([N+](=O)[O-])c(CCCC=O)c1. The number of carbonyl (C=O) groups is 1. The average molecular weight is 223 g/mol. The topological polar surface area (TPSA) is 69.4 Å². The summed E-state index contributed by atoms with van der Waals surface area (Å²) >= 11 is 0. The van der Waals surface area contributed by atoms with E-state index in [-0.39, 0.29) is 5.69 Å². The van der Waals surface area contributed by atoms with Crippen LogP contribution >= 0.6 is 0 Å². The van der Waals surface area contributed by atoms with Crippen molar-refractivity contribution in [3.05, 3.63) is 33.9 Å². The predicted molar refractivity (Wildman–Crippen MR) is 58.7 cm³/mol. The van der Waals surface area contributed by atoms with Crippen molar-refractivity contribution in [3.8, 4) is 5.75 Å². The number of methoxy groups -OCH3 is 1. The number of nitrogens with zero attached hydrogens (tertiary/aromatic N) is 1. The predicted octanol–water partition coefficient (Wildman–Crippen LogP) is 2.12. The molecule has 0 aliphatic carbocycles. The molecule has 0 saturated carbocycles. The molecule has 5 heteroatoms. The number of hydrogen-bond donors (Lipinski definition) is 0. The van der Waals surface area contributed by atoms with Crippen LogP contribution in [0, 0.1) is 10.1 Å². The number of nitro benzene ring substituents is 1. The maximum atomic E-state index is 10.7. The first-order valence-corrected chi connectivity index (χ1v) is 4.94. The van der Waals surface area contributed by atoms with Crippen LogP contribution in [0.25, 0.3) is 0 Å². The second-order valence-corrected chi connectivity index (χ2v) is 3.31. The average Bonchev–Trinajstić information content (AvgIpc) is 2.29. The lowest BCUT2D eigenvalue weighted by molar-refractivity contribution is -0.385. The number of aryl methyl sites for hydroxylation is 1. The van der Waals surface area contributed by atoms with Gasteiger partial charge in [0.15, 0.2) is 0 Å². The molecule has 0 aromatic heterocycles. The van der Waals surface area contributed by atoms with Gasteiger partial charge in [-0.25, -0.2) is 0 Å². The Bertz CT molecular complexity index is 390. The molecule has 0 fully saturated rings. The van der Waals surface area contributed by atoms with E-state index in [4.69, 9.17) is 4.74 Å². The molecule has 0 bridgehead atoms. The van der Waals surface area contributed by atoms with Gasteiger partial charge >= 0.3 is 0 Å². The summed E-state index contributed by atoms with van der Waals surface area (Å²) in [5.74, 6) is 0.590. The van der Waals surface area contributed by atoms with Gasteiger partial charge < -0.3 is 9.53 Å². The monoisotopic (exact) mass is 223 g/mol. The summed E-state index contributed by atoms with van der Waals surface area (Å²) in [6.45, 7) is 0. The normalized spacial score (nSPS) is 9.81. The van der Waals surface area contributed by atoms with Gasteiger partial charge in [0.2, 0.25) is 0 Å². The summed E-state index contributed by atoms with van der Waals surface area (Å²) in [5, 5.41) is 10.7. The number of ether oxygens (including phenoxy) is 1. The Morgan fingerprint density at radius 1 is 1.50 bits per heavy atom. The van der Waals surface area contributed by atoms with Crippen LogP contribution in [0.5, 0.6) is 5.75 Å². The molecule has 0 heterocycles. The molecule has 1 aromatic carbocycles. The van der Waals surface area contributed by atoms with E-state index in [1.165, 1.54) is 13.2 Å². The summed E-state index contributed by atoms with van der Waals surface area (Å²) in [4.78, 5) is 20.5. The Morgan fingerprint density at radius 3 is 2.81 bits per heavy atom. The first-order chi connectivity index (χ1) is 7.69. The maximum Gasteiger partial charge on any atom is 0.272 e. The highest BCUT2D eigenvalue weighted by molar-refractivity contribution is 5.50. The zero-order valence-corrected chi connectivity index (χ0v) is 9.01. The molecule has 16 heavy (non-hydrogen) atoms. The van der Waals surface area contributed by atoms with Gasteiger partial charge in [-0.3, -0.25) is 10.1 Å². The van der Waals surface area contributed by atoms with Gasteiger partial charge in [0, 0.05) is 18.1 Å². The third-order valence-electron chi connectivity index (χ3n) is 2.25. The lowest BCUT2D eigenvalue weighted by Gasteiger charge is -2.04. The zero-order valence-electron chi connectivity index (χ0n) is 9.01. The molecule has 0 aliphatic rings. The van der Waals surface area contributed by atoms with Crippen molar-refractivity contribution in [2.24, 2.45) is 0 Å². The number of carbonyl (C=O) groups excluding carboxylic acids is 1. The number of nitro groups is 1. The molecule has 0 spiro atoms. The van der Waals surface area contributed by atoms with Crippen LogP contribution in [0.1, 0.15) is 18.4 Å². The second kappa shape index (κ2) is 5.85. The van der Waals surface area contributed by atoms with Gasteiger partial charge in [0.25, 0.3) is 5.69 Å². The van der Waals surface area contributed by atoms with Crippen molar-refractivity contribution in [2.45, 2.75) is 19.3 Å². The van der Waals surface area contributed by atoms with Crippen molar-refractivity contribution in [2.75, 3.05) is 7.11 Å². The van der Waals surface area contributed by atoms with E-state index in [0.717, 1.165) is 6.29 Å². The quantitative estimate of drug-likeness (QED) is 0.320. The molecular weight excluding hydrogens is 210 g/mol. The van der Waals surface area contributed by atoms with Gasteiger partial charge in [-0.2, -0.15) is 0 Å². The molecule has 0 aliphatic heterocycles. The van der Waals surface area contributed by atoms with Crippen molar-refractivity contribution >= 4 is 12.0 Å². The number of hydrogen-bond acceptors (Lipinski definition) is 4. The minimum absolute atomic E-state index is 0.0756. The minimum atomic E-state index is -0.421. The van der Waals surface area contributed by atoms with Gasteiger partial charge in [-0.05, 0) is 25.0 Å².